The van der Waals surface area contributed by atoms with Gasteiger partial charge in [-0.15, -0.1) is 0 Å². The zero-order chi connectivity index (χ0) is 19.5. The van der Waals surface area contributed by atoms with E-state index in [1.807, 2.05) is 30.3 Å². The number of hydrogen-bond donors (Lipinski definition) is 1. The molecule has 2 aliphatic rings. The number of fused-ring (bicyclic) bond motifs is 1. The first-order chi connectivity index (χ1) is 12.8. The van der Waals surface area contributed by atoms with Crippen LogP contribution in [0.25, 0.3) is 0 Å². The number of carbonyl (C=O) groups is 2. The number of aryl methyl sites for hydroxylation is 1. The van der Waals surface area contributed by atoms with Gasteiger partial charge < -0.3 is 14.7 Å². The van der Waals surface area contributed by atoms with E-state index in [4.69, 9.17) is 4.74 Å². The van der Waals surface area contributed by atoms with Crippen LogP contribution < -0.4 is 0 Å². The molecule has 3 rings (SSSR count). The predicted molar refractivity (Wildman–Crippen MR) is 99.0 cm³/mol. The van der Waals surface area contributed by atoms with Crippen LogP contribution in [0.1, 0.15) is 18.4 Å². The van der Waals surface area contributed by atoms with E-state index in [9.17, 15) is 23.1 Å². The lowest BCUT2D eigenvalue weighted by molar-refractivity contribution is -0.157. The molecule has 0 spiro atoms. The first-order valence-corrected chi connectivity index (χ1v) is 11.0. The number of nitrogens with zero attached hydrogens (tertiary/aromatic N) is 1. The van der Waals surface area contributed by atoms with Gasteiger partial charge in [-0.05, 0) is 24.8 Å². The number of carbonyl (C=O) groups excluding carboxylic acids is 1. The molecule has 0 bridgehead atoms. The Morgan fingerprint density at radius 3 is 2.67 bits per heavy atom. The highest BCUT2D eigenvalue weighted by atomic mass is 32.2. The minimum absolute atomic E-state index is 0.0575. The van der Waals surface area contributed by atoms with Gasteiger partial charge in [0, 0.05) is 25.6 Å². The van der Waals surface area contributed by atoms with Crippen molar-refractivity contribution in [2.24, 2.45) is 11.3 Å². The van der Waals surface area contributed by atoms with E-state index in [-0.39, 0.29) is 24.8 Å². The van der Waals surface area contributed by atoms with Crippen LogP contribution in [-0.4, -0.2) is 68.1 Å². The van der Waals surface area contributed by atoms with Crippen LogP contribution >= 0.6 is 0 Å². The van der Waals surface area contributed by atoms with Crippen molar-refractivity contribution >= 4 is 21.7 Å². The Morgan fingerprint density at radius 1 is 1.26 bits per heavy atom. The lowest BCUT2D eigenvalue weighted by Crippen LogP contribution is -2.45. The van der Waals surface area contributed by atoms with Crippen molar-refractivity contribution in [1.82, 2.24) is 4.90 Å². The number of carboxylic acid groups (broad SMARTS) is 1. The monoisotopic (exact) mass is 395 g/mol. The van der Waals surface area contributed by atoms with Gasteiger partial charge in [0.15, 0.2) is 9.84 Å². The van der Waals surface area contributed by atoms with Gasteiger partial charge in [0.25, 0.3) is 0 Å². The summed E-state index contributed by atoms with van der Waals surface area (Å²) in [6, 6.07) is 9.60. The van der Waals surface area contributed by atoms with E-state index < -0.39 is 32.9 Å². The highest BCUT2D eigenvalue weighted by molar-refractivity contribution is 7.92. The quantitative estimate of drug-likeness (QED) is 0.739. The van der Waals surface area contributed by atoms with E-state index in [1.165, 1.54) is 4.90 Å². The molecular formula is C19H25NO6S. The maximum atomic E-state index is 12.5. The topological polar surface area (TPSA) is 101 Å². The van der Waals surface area contributed by atoms with Crippen molar-refractivity contribution in [2.45, 2.75) is 19.3 Å². The fourth-order valence-electron chi connectivity index (χ4n) is 3.98. The van der Waals surface area contributed by atoms with Crippen LogP contribution in [0.15, 0.2) is 30.3 Å². The molecule has 0 radical (unpaired) electrons. The molecule has 1 aromatic rings. The third-order valence-electron chi connectivity index (χ3n) is 5.59. The molecule has 7 nitrogen and oxygen atoms in total. The maximum Gasteiger partial charge on any atom is 0.311 e. The summed E-state index contributed by atoms with van der Waals surface area (Å²) < 4.78 is 30.0. The molecule has 0 unspecified atom stereocenters. The second-order valence-corrected chi connectivity index (χ2v) is 9.62. The summed E-state index contributed by atoms with van der Waals surface area (Å²) in [7, 11) is -3.53. The Balaban J connectivity index is 1.55. The average Bonchev–Trinajstić information content (AvgIpc) is 3.03. The first kappa shape index (κ1) is 19.8. The number of benzene rings is 1. The third kappa shape index (κ3) is 4.50. The lowest BCUT2D eigenvalue weighted by Gasteiger charge is -2.33. The number of sulfone groups is 1. The number of ether oxygens (including phenoxy) is 1. The van der Waals surface area contributed by atoms with Gasteiger partial charge in [-0.3, -0.25) is 9.59 Å². The summed E-state index contributed by atoms with van der Waals surface area (Å²) >= 11 is 0. The molecule has 1 N–H and O–H groups in total. The minimum Gasteiger partial charge on any atom is -0.481 e. The smallest absolute Gasteiger partial charge is 0.311 e. The molecule has 2 aliphatic heterocycles. The van der Waals surface area contributed by atoms with Gasteiger partial charge >= 0.3 is 5.97 Å². The summed E-state index contributed by atoms with van der Waals surface area (Å²) in [5, 5.41) is 9.64. The Hall–Kier alpha value is -1.93. The van der Waals surface area contributed by atoms with E-state index in [2.05, 4.69) is 0 Å². The summed E-state index contributed by atoms with van der Waals surface area (Å²) in [5.41, 5.74) is 0.0522. The zero-order valence-electron chi connectivity index (χ0n) is 15.2. The van der Waals surface area contributed by atoms with Crippen molar-refractivity contribution in [2.75, 3.05) is 37.8 Å². The molecule has 2 saturated heterocycles. The van der Waals surface area contributed by atoms with Crippen LogP contribution in [0, 0.1) is 11.3 Å². The largest absolute Gasteiger partial charge is 0.481 e. The van der Waals surface area contributed by atoms with Crippen LogP contribution in [0.5, 0.6) is 0 Å². The van der Waals surface area contributed by atoms with Crippen molar-refractivity contribution in [3.05, 3.63) is 35.9 Å². The number of rotatable bonds is 7. The van der Waals surface area contributed by atoms with E-state index in [0.29, 0.717) is 32.5 Å². The van der Waals surface area contributed by atoms with E-state index in [0.717, 1.165) is 5.56 Å². The molecule has 1 amide bonds. The van der Waals surface area contributed by atoms with Gasteiger partial charge in [0.1, 0.15) is 5.75 Å². The second-order valence-electron chi connectivity index (χ2n) is 7.44. The molecule has 8 heteroatoms. The van der Waals surface area contributed by atoms with Gasteiger partial charge in [-0.25, -0.2) is 8.42 Å². The number of aliphatic carboxylic acids is 1. The Labute approximate surface area is 159 Å². The molecule has 0 aliphatic carbocycles. The van der Waals surface area contributed by atoms with E-state index in [1.54, 1.807) is 0 Å². The summed E-state index contributed by atoms with van der Waals surface area (Å²) in [4.78, 5) is 25.7. The molecule has 1 aromatic carbocycles. The zero-order valence-corrected chi connectivity index (χ0v) is 16.0. The highest BCUT2D eigenvalue weighted by Gasteiger charge is 2.55. The van der Waals surface area contributed by atoms with Crippen molar-refractivity contribution < 1.29 is 27.9 Å². The molecule has 2 fully saturated rings. The van der Waals surface area contributed by atoms with Crippen molar-refractivity contribution in [3.8, 4) is 0 Å². The van der Waals surface area contributed by atoms with Crippen LogP contribution in [-0.2, 0) is 30.6 Å². The number of likely N-dealkylation sites (tertiary alicyclic amines) is 1. The van der Waals surface area contributed by atoms with Crippen LogP contribution in [0.2, 0.25) is 0 Å². The predicted octanol–water partition coefficient (Wildman–Crippen LogP) is 0.984. The van der Waals surface area contributed by atoms with Crippen LogP contribution in [0.4, 0.5) is 0 Å². The lowest BCUT2D eigenvalue weighted by atomic mass is 9.74. The summed E-state index contributed by atoms with van der Waals surface area (Å²) in [6.45, 7) is 0.946. The van der Waals surface area contributed by atoms with E-state index >= 15 is 0 Å². The van der Waals surface area contributed by atoms with Crippen LogP contribution in [0.3, 0.4) is 0 Å². The fourth-order valence-corrected chi connectivity index (χ4v) is 5.27. The molecule has 2 atom stereocenters. The Kier molecular flexibility index (Phi) is 5.86. The molecule has 0 saturated carbocycles. The maximum absolute atomic E-state index is 12.5. The summed E-state index contributed by atoms with van der Waals surface area (Å²) in [5.74, 6) is -2.35. The molecule has 27 heavy (non-hydrogen) atoms. The fraction of sp³-hybridized carbons (Fsp3) is 0.579. The SMILES string of the molecule is O=C(CS(=O)(=O)CCCc1ccccc1)N1C[C@H]2COCC[C@@]2(C(=O)O)C1. The first-order valence-electron chi connectivity index (χ1n) is 9.16. The normalized spacial score (nSPS) is 25.2. The van der Waals surface area contributed by atoms with Crippen molar-refractivity contribution in [1.29, 1.82) is 0 Å². The van der Waals surface area contributed by atoms with Gasteiger partial charge in [-0.1, -0.05) is 30.3 Å². The van der Waals surface area contributed by atoms with Gasteiger partial charge in [0.2, 0.25) is 5.91 Å². The van der Waals surface area contributed by atoms with Gasteiger partial charge in [0.05, 0.1) is 17.8 Å². The number of carboxylic acids is 1. The Bertz CT molecular complexity index is 794. The van der Waals surface area contributed by atoms with Crippen molar-refractivity contribution in [3.63, 3.8) is 0 Å². The van der Waals surface area contributed by atoms with Gasteiger partial charge in [-0.2, -0.15) is 0 Å². The standard InChI is InChI=1S/C19H25NO6S/c21-17(13-27(24,25)10-4-7-15-5-2-1-3-6-15)20-11-16-12-26-9-8-19(16,14-20)18(22)23/h1-3,5-6,16H,4,7-14H2,(H,22,23)/t16-,19+/m0/s1. The third-order valence-corrected chi connectivity index (χ3v) is 7.19. The highest BCUT2D eigenvalue weighted by Crippen LogP contribution is 2.42. The average molecular weight is 395 g/mol. The minimum atomic E-state index is -3.53. The number of amides is 1. The second kappa shape index (κ2) is 7.98. The summed E-state index contributed by atoms with van der Waals surface area (Å²) in [6.07, 6.45) is 1.44. The Morgan fingerprint density at radius 2 is 2.00 bits per heavy atom. The molecule has 148 valence electrons. The molecule has 0 aromatic heterocycles. The molecule has 2 heterocycles. The number of hydrogen-bond acceptors (Lipinski definition) is 5. The molecular weight excluding hydrogens is 370 g/mol.